The van der Waals surface area contributed by atoms with Gasteiger partial charge in [-0.3, -0.25) is 4.79 Å². The van der Waals surface area contributed by atoms with Gasteiger partial charge < -0.3 is 10.6 Å². The van der Waals surface area contributed by atoms with Crippen LogP contribution < -0.4 is 5.73 Å². The molecule has 2 rings (SSSR count). The summed E-state index contributed by atoms with van der Waals surface area (Å²) >= 11 is 0. The summed E-state index contributed by atoms with van der Waals surface area (Å²) in [5, 5.41) is 0. The van der Waals surface area contributed by atoms with Crippen LogP contribution in [0.3, 0.4) is 0 Å². The number of hydrogen-bond donors (Lipinski definition) is 1. The molecule has 1 fully saturated rings. The number of rotatable bonds is 2. The van der Waals surface area contributed by atoms with E-state index in [1.807, 2.05) is 0 Å². The van der Waals surface area contributed by atoms with Gasteiger partial charge in [-0.15, -0.1) is 12.4 Å². The highest BCUT2D eigenvalue weighted by Crippen LogP contribution is 2.20. The van der Waals surface area contributed by atoms with Crippen molar-refractivity contribution in [2.75, 3.05) is 13.1 Å². The Labute approximate surface area is 117 Å². The molecule has 6 heteroatoms. The van der Waals surface area contributed by atoms with Gasteiger partial charge in [0.15, 0.2) is 0 Å². The van der Waals surface area contributed by atoms with E-state index in [0.717, 1.165) is 37.5 Å². The van der Waals surface area contributed by atoms with Gasteiger partial charge in [0.05, 0.1) is 5.56 Å². The molecule has 2 N–H and O–H groups in total. The zero-order chi connectivity index (χ0) is 13.1. The molecule has 0 bridgehead atoms. The second kappa shape index (κ2) is 6.82. The average molecular weight is 291 g/mol. The van der Waals surface area contributed by atoms with E-state index in [4.69, 9.17) is 5.73 Å². The molecule has 1 amide bonds. The van der Waals surface area contributed by atoms with Crippen molar-refractivity contribution < 1.29 is 13.6 Å². The predicted molar refractivity (Wildman–Crippen MR) is 71.3 cm³/mol. The summed E-state index contributed by atoms with van der Waals surface area (Å²) in [6.07, 6.45) is 2.70. The van der Waals surface area contributed by atoms with Crippen molar-refractivity contribution in [3.8, 4) is 0 Å². The Kier molecular flexibility index (Phi) is 5.69. The van der Waals surface area contributed by atoms with Crippen LogP contribution in [0, 0.1) is 11.6 Å². The quantitative estimate of drug-likeness (QED) is 0.909. The summed E-state index contributed by atoms with van der Waals surface area (Å²) < 4.78 is 26.7. The van der Waals surface area contributed by atoms with Crippen LogP contribution in [0.25, 0.3) is 0 Å². The van der Waals surface area contributed by atoms with Crippen LogP contribution in [0.1, 0.15) is 29.6 Å². The maximum Gasteiger partial charge on any atom is 0.257 e. The van der Waals surface area contributed by atoms with Crippen molar-refractivity contribution in [1.29, 1.82) is 0 Å². The first kappa shape index (κ1) is 15.9. The van der Waals surface area contributed by atoms with Crippen LogP contribution in [0.2, 0.25) is 0 Å². The minimum absolute atomic E-state index is 0. The third-order valence-corrected chi connectivity index (χ3v) is 3.32. The number of nitrogens with two attached hydrogens (primary N) is 1. The van der Waals surface area contributed by atoms with Gasteiger partial charge in [-0.2, -0.15) is 0 Å². The summed E-state index contributed by atoms with van der Waals surface area (Å²) in [5.74, 6) is -1.77. The zero-order valence-corrected chi connectivity index (χ0v) is 11.3. The molecule has 1 aromatic carbocycles. The van der Waals surface area contributed by atoms with E-state index in [2.05, 4.69) is 0 Å². The van der Waals surface area contributed by atoms with Gasteiger partial charge in [0.1, 0.15) is 11.6 Å². The number of nitrogens with zero attached hydrogens (tertiary/aromatic N) is 1. The van der Waals surface area contributed by atoms with Gasteiger partial charge in [0, 0.05) is 19.1 Å². The lowest BCUT2D eigenvalue weighted by atomic mass is 10.0. The fourth-order valence-electron chi connectivity index (χ4n) is 2.33. The van der Waals surface area contributed by atoms with Gasteiger partial charge >= 0.3 is 0 Å². The molecule has 0 saturated carbocycles. The first-order valence-corrected chi connectivity index (χ1v) is 6.09. The van der Waals surface area contributed by atoms with Crippen LogP contribution >= 0.6 is 12.4 Å². The standard InChI is InChI=1S/C13H16F2N2O.ClH/c14-9-4-5-12(15)11(7-9)13(18)17-6-2-1-3-10(17)8-16;/h4-5,7,10H,1-3,6,8,16H2;1H. The Hall–Kier alpha value is -1.20. The fourth-order valence-corrected chi connectivity index (χ4v) is 2.33. The molecule has 0 spiro atoms. The van der Waals surface area contributed by atoms with Gasteiger partial charge in [-0.25, -0.2) is 8.78 Å². The van der Waals surface area contributed by atoms with E-state index in [9.17, 15) is 13.6 Å². The lowest BCUT2D eigenvalue weighted by Crippen LogP contribution is -2.47. The summed E-state index contributed by atoms with van der Waals surface area (Å²) in [6.45, 7) is 0.902. The van der Waals surface area contributed by atoms with Crippen LogP contribution in [0.15, 0.2) is 18.2 Å². The Bertz CT molecular complexity index is 456. The summed E-state index contributed by atoms with van der Waals surface area (Å²) in [5.41, 5.74) is 5.40. The molecule has 19 heavy (non-hydrogen) atoms. The number of carbonyl (C=O) groups excluding carboxylic acids is 1. The Morgan fingerprint density at radius 3 is 2.79 bits per heavy atom. The van der Waals surface area contributed by atoms with Crippen molar-refractivity contribution in [3.63, 3.8) is 0 Å². The smallest absolute Gasteiger partial charge is 0.257 e. The summed E-state index contributed by atoms with van der Waals surface area (Å²) in [4.78, 5) is 13.8. The molecule has 1 aliphatic heterocycles. The largest absolute Gasteiger partial charge is 0.334 e. The molecule has 0 aliphatic carbocycles. The van der Waals surface area contributed by atoms with E-state index in [-0.39, 0.29) is 24.0 Å². The molecule has 1 aliphatic rings. The number of benzene rings is 1. The van der Waals surface area contributed by atoms with Crippen LogP contribution in [0.4, 0.5) is 8.78 Å². The number of halogens is 3. The maximum atomic E-state index is 13.6. The van der Waals surface area contributed by atoms with E-state index in [1.54, 1.807) is 4.90 Å². The lowest BCUT2D eigenvalue weighted by molar-refractivity contribution is 0.0618. The second-order valence-electron chi connectivity index (χ2n) is 4.51. The Balaban J connectivity index is 0.00000180. The number of amides is 1. The number of hydrogen-bond acceptors (Lipinski definition) is 2. The molecule has 1 atom stereocenters. The van der Waals surface area contributed by atoms with Crippen molar-refractivity contribution >= 4 is 18.3 Å². The topological polar surface area (TPSA) is 46.3 Å². The monoisotopic (exact) mass is 290 g/mol. The van der Waals surface area contributed by atoms with Crippen molar-refractivity contribution in [2.45, 2.75) is 25.3 Å². The molecule has 3 nitrogen and oxygen atoms in total. The van der Waals surface area contributed by atoms with Gasteiger partial charge in [0.2, 0.25) is 0 Å². The molecule has 1 heterocycles. The highest BCUT2D eigenvalue weighted by atomic mass is 35.5. The zero-order valence-electron chi connectivity index (χ0n) is 10.4. The average Bonchev–Trinajstić information content (AvgIpc) is 2.40. The minimum atomic E-state index is -0.692. The van der Waals surface area contributed by atoms with E-state index in [0.29, 0.717) is 13.1 Å². The number of carbonyl (C=O) groups is 1. The van der Waals surface area contributed by atoms with Crippen LogP contribution in [0.5, 0.6) is 0 Å². The summed E-state index contributed by atoms with van der Waals surface area (Å²) in [6, 6.07) is 2.85. The van der Waals surface area contributed by atoms with Crippen molar-refractivity contribution in [1.82, 2.24) is 4.90 Å². The van der Waals surface area contributed by atoms with Gasteiger partial charge in [-0.05, 0) is 37.5 Å². The second-order valence-corrected chi connectivity index (χ2v) is 4.51. The fraction of sp³-hybridized carbons (Fsp3) is 0.462. The molecular weight excluding hydrogens is 274 g/mol. The highest BCUT2D eigenvalue weighted by Gasteiger charge is 2.28. The Morgan fingerprint density at radius 2 is 2.11 bits per heavy atom. The van der Waals surface area contributed by atoms with Gasteiger partial charge in [-0.1, -0.05) is 0 Å². The predicted octanol–water partition coefficient (Wildman–Crippen LogP) is 2.34. The van der Waals surface area contributed by atoms with E-state index >= 15 is 0 Å². The normalized spacial score (nSPS) is 18.9. The van der Waals surface area contributed by atoms with Crippen molar-refractivity contribution in [3.05, 3.63) is 35.4 Å². The third kappa shape index (κ3) is 3.42. The first-order chi connectivity index (χ1) is 8.63. The minimum Gasteiger partial charge on any atom is -0.334 e. The Morgan fingerprint density at radius 1 is 1.37 bits per heavy atom. The third-order valence-electron chi connectivity index (χ3n) is 3.32. The molecule has 0 radical (unpaired) electrons. The van der Waals surface area contributed by atoms with Gasteiger partial charge in [0.25, 0.3) is 5.91 Å². The van der Waals surface area contributed by atoms with E-state index < -0.39 is 17.5 Å². The molecule has 106 valence electrons. The SMILES string of the molecule is Cl.NCC1CCCCN1C(=O)c1cc(F)ccc1F. The molecule has 0 aromatic heterocycles. The lowest BCUT2D eigenvalue weighted by Gasteiger charge is -2.35. The van der Waals surface area contributed by atoms with Crippen molar-refractivity contribution in [2.24, 2.45) is 5.73 Å². The summed E-state index contributed by atoms with van der Waals surface area (Å²) in [7, 11) is 0. The molecule has 1 aromatic rings. The van der Waals surface area contributed by atoms with Crippen LogP contribution in [-0.4, -0.2) is 29.9 Å². The molecule has 1 saturated heterocycles. The first-order valence-electron chi connectivity index (χ1n) is 6.09. The number of piperidine rings is 1. The maximum absolute atomic E-state index is 13.6. The molecular formula is C13H17ClF2N2O. The molecule has 1 unspecified atom stereocenters. The number of likely N-dealkylation sites (tertiary alicyclic amines) is 1. The van der Waals surface area contributed by atoms with E-state index in [1.165, 1.54) is 0 Å². The highest BCUT2D eigenvalue weighted by molar-refractivity contribution is 5.94. The van der Waals surface area contributed by atoms with Crippen LogP contribution in [-0.2, 0) is 0 Å².